The number of primary amides is 1. The molecule has 0 bridgehead atoms. The molecule has 0 spiro atoms. The summed E-state index contributed by atoms with van der Waals surface area (Å²) in [6, 6.07) is 10.8. The molecule has 5 nitrogen and oxygen atoms in total. The van der Waals surface area contributed by atoms with E-state index in [1.165, 1.54) is 0 Å². The highest BCUT2D eigenvalue weighted by Gasteiger charge is 2.07. The highest BCUT2D eigenvalue weighted by Crippen LogP contribution is 2.12. The average molecular weight is 257 g/mol. The molecule has 0 saturated carbocycles. The van der Waals surface area contributed by atoms with Crippen LogP contribution in [0.2, 0.25) is 0 Å². The summed E-state index contributed by atoms with van der Waals surface area (Å²) >= 11 is 0. The highest BCUT2D eigenvalue weighted by molar-refractivity contribution is 5.97. The van der Waals surface area contributed by atoms with Gasteiger partial charge in [0.25, 0.3) is 5.91 Å². The molecule has 19 heavy (non-hydrogen) atoms. The van der Waals surface area contributed by atoms with Crippen molar-refractivity contribution in [1.82, 2.24) is 4.98 Å². The van der Waals surface area contributed by atoms with E-state index in [1.807, 2.05) is 24.3 Å². The van der Waals surface area contributed by atoms with Crippen LogP contribution in [0, 0.1) is 0 Å². The Kier molecular flexibility index (Phi) is 4.10. The first-order valence-electron chi connectivity index (χ1n) is 5.88. The van der Waals surface area contributed by atoms with Gasteiger partial charge < -0.3 is 16.2 Å². The van der Waals surface area contributed by atoms with Gasteiger partial charge in [-0.1, -0.05) is 24.3 Å². The number of anilines is 1. The summed E-state index contributed by atoms with van der Waals surface area (Å²) in [6.07, 6.45) is 1.60. The molecule has 0 saturated heterocycles. The van der Waals surface area contributed by atoms with Gasteiger partial charge in [0.1, 0.15) is 5.82 Å². The number of amides is 1. The van der Waals surface area contributed by atoms with Crippen molar-refractivity contribution in [2.75, 3.05) is 5.32 Å². The number of nitrogens with one attached hydrogen (secondary N) is 1. The molecular weight excluding hydrogens is 242 g/mol. The maximum absolute atomic E-state index is 11.2. The third-order valence-electron chi connectivity index (χ3n) is 2.74. The Balaban J connectivity index is 2.07. The van der Waals surface area contributed by atoms with Crippen molar-refractivity contribution in [2.45, 2.75) is 13.2 Å². The zero-order chi connectivity index (χ0) is 13.7. The number of nitrogens with zero attached hydrogens (tertiary/aromatic N) is 1. The lowest BCUT2D eigenvalue weighted by atomic mass is 10.1. The van der Waals surface area contributed by atoms with Crippen molar-refractivity contribution < 1.29 is 9.90 Å². The molecule has 0 aliphatic carbocycles. The Bertz CT molecular complexity index is 567. The van der Waals surface area contributed by atoms with Crippen LogP contribution in [0.3, 0.4) is 0 Å². The molecule has 2 aromatic rings. The van der Waals surface area contributed by atoms with Gasteiger partial charge in [-0.2, -0.15) is 0 Å². The average Bonchev–Trinajstić information content (AvgIpc) is 2.46. The summed E-state index contributed by atoms with van der Waals surface area (Å²) in [6.45, 7) is 0.558. The summed E-state index contributed by atoms with van der Waals surface area (Å²) < 4.78 is 0. The Morgan fingerprint density at radius 1 is 1.21 bits per heavy atom. The number of aromatic nitrogens is 1. The van der Waals surface area contributed by atoms with Crippen LogP contribution < -0.4 is 11.1 Å². The first-order valence-corrected chi connectivity index (χ1v) is 5.88. The van der Waals surface area contributed by atoms with Gasteiger partial charge in [0.15, 0.2) is 0 Å². The summed E-state index contributed by atoms with van der Waals surface area (Å²) in [4.78, 5) is 15.3. The molecule has 1 aromatic carbocycles. The number of pyridine rings is 1. The second kappa shape index (κ2) is 5.97. The fourth-order valence-electron chi connectivity index (χ4n) is 1.69. The van der Waals surface area contributed by atoms with Gasteiger partial charge in [-0.25, -0.2) is 4.98 Å². The molecule has 0 atom stereocenters. The number of aliphatic hydroxyl groups is 1. The standard InChI is InChI=1S/C14H15N3O2/c15-13(19)12-2-1-7-16-14(12)17-8-10-3-5-11(9-18)6-4-10/h1-7,18H,8-9H2,(H2,15,19)(H,16,17). The fraction of sp³-hybridized carbons (Fsp3) is 0.143. The van der Waals surface area contributed by atoms with Gasteiger partial charge in [-0.05, 0) is 23.3 Å². The van der Waals surface area contributed by atoms with E-state index < -0.39 is 5.91 Å². The Morgan fingerprint density at radius 2 is 1.89 bits per heavy atom. The summed E-state index contributed by atoms with van der Waals surface area (Å²) in [5, 5.41) is 12.0. The minimum Gasteiger partial charge on any atom is -0.392 e. The molecule has 5 heteroatoms. The van der Waals surface area contributed by atoms with Crippen LogP contribution in [-0.4, -0.2) is 16.0 Å². The lowest BCUT2D eigenvalue weighted by molar-refractivity contribution is 0.100. The number of carbonyl (C=O) groups is 1. The maximum atomic E-state index is 11.2. The summed E-state index contributed by atoms with van der Waals surface area (Å²) in [5.41, 5.74) is 7.53. The van der Waals surface area contributed by atoms with Gasteiger partial charge in [-0.15, -0.1) is 0 Å². The van der Waals surface area contributed by atoms with E-state index in [2.05, 4.69) is 10.3 Å². The minimum atomic E-state index is -0.508. The monoisotopic (exact) mass is 257 g/mol. The largest absolute Gasteiger partial charge is 0.392 e. The van der Waals surface area contributed by atoms with Crippen LogP contribution in [0.1, 0.15) is 21.5 Å². The molecule has 2 rings (SSSR count). The molecule has 0 aliphatic heterocycles. The lowest BCUT2D eigenvalue weighted by Gasteiger charge is -2.09. The second-order valence-corrected chi connectivity index (χ2v) is 4.09. The van der Waals surface area contributed by atoms with Crippen molar-refractivity contribution in [1.29, 1.82) is 0 Å². The number of nitrogens with two attached hydrogens (primary N) is 1. The molecular formula is C14H15N3O2. The predicted octanol–water partition coefficient (Wildman–Crippen LogP) is 1.28. The van der Waals surface area contributed by atoms with Gasteiger partial charge >= 0.3 is 0 Å². The summed E-state index contributed by atoms with van der Waals surface area (Å²) in [5.74, 6) is -0.0348. The van der Waals surface area contributed by atoms with Crippen molar-refractivity contribution in [2.24, 2.45) is 5.73 Å². The van der Waals surface area contributed by atoms with Gasteiger partial charge in [0, 0.05) is 12.7 Å². The number of aliphatic hydroxyl groups excluding tert-OH is 1. The van der Waals surface area contributed by atoms with Crippen LogP contribution in [0.4, 0.5) is 5.82 Å². The minimum absolute atomic E-state index is 0.0276. The molecule has 1 aromatic heterocycles. The molecule has 4 N–H and O–H groups in total. The van der Waals surface area contributed by atoms with E-state index >= 15 is 0 Å². The fourth-order valence-corrected chi connectivity index (χ4v) is 1.69. The van der Waals surface area contributed by atoms with Crippen molar-refractivity contribution in [3.05, 3.63) is 59.3 Å². The maximum Gasteiger partial charge on any atom is 0.252 e. The van der Waals surface area contributed by atoms with E-state index in [0.29, 0.717) is 17.9 Å². The Morgan fingerprint density at radius 3 is 2.53 bits per heavy atom. The number of rotatable bonds is 5. The lowest BCUT2D eigenvalue weighted by Crippen LogP contribution is -2.15. The van der Waals surface area contributed by atoms with E-state index in [1.54, 1.807) is 18.3 Å². The predicted molar refractivity (Wildman–Crippen MR) is 72.4 cm³/mol. The van der Waals surface area contributed by atoms with Crippen LogP contribution in [-0.2, 0) is 13.2 Å². The first-order chi connectivity index (χ1) is 9.20. The van der Waals surface area contributed by atoms with E-state index in [9.17, 15) is 4.79 Å². The van der Waals surface area contributed by atoms with E-state index in [0.717, 1.165) is 11.1 Å². The van der Waals surface area contributed by atoms with Crippen molar-refractivity contribution in [3.63, 3.8) is 0 Å². The van der Waals surface area contributed by atoms with Crippen molar-refractivity contribution in [3.8, 4) is 0 Å². The van der Waals surface area contributed by atoms with E-state index in [4.69, 9.17) is 10.8 Å². The van der Waals surface area contributed by atoms with Gasteiger partial charge in [0.05, 0.1) is 12.2 Å². The van der Waals surface area contributed by atoms with Crippen LogP contribution in [0.25, 0.3) is 0 Å². The Labute approximate surface area is 111 Å². The highest BCUT2D eigenvalue weighted by atomic mass is 16.3. The number of benzene rings is 1. The van der Waals surface area contributed by atoms with Crippen LogP contribution in [0.15, 0.2) is 42.6 Å². The first kappa shape index (κ1) is 13.0. The van der Waals surface area contributed by atoms with E-state index in [-0.39, 0.29) is 6.61 Å². The zero-order valence-electron chi connectivity index (χ0n) is 10.3. The SMILES string of the molecule is NC(=O)c1cccnc1NCc1ccc(CO)cc1. The summed E-state index contributed by atoms with van der Waals surface area (Å²) in [7, 11) is 0. The third-order valence-corrected chi connectivity index (χ3v) is 2.74. The zero-order valence-corrected chi connectivity index (χ0v) is 10.3. The molecule has 0 unspecified atom stereocenters. The molecule has 0 radical (unpaired) electrons. The molecule has 1 amide bonds. The van der Waals surface area contributed by atoms with Crippen molar-refractivity contribution >= 4 is 11.7 Å². The molecule has 0 fully saturated rings. The topological polar surface area (TPSA) is 88.2 Å². The Hall–Kier alpha value is -2.40. The number of hydrogen-bond donors (Lipinski definition) is 3. The van der Waals surface area contributed by atoms with Gasteiger partial charge in [0.2, 0.25) is 0 Å². The smallest absolute Gasteiger partial charge is 0.252 e. The third kappa shape index (κ3) is 3.29. The quantitative estimate of drug-likeness (QED) is 0.753. The number of carbonyl (C=O) groups excluding carboxylic acids is 1. The molecule has 1 heterocycles. The van der Waals surface area contributed by atoms with Crippen LogP contribution >= 0.6 is 0 Å². The van der Waals surface area contributed by atoms with Gasteiger partial charge in [-0.3, -0.25) is 4.79 Å². The normalized spacial score (nSPS) is 10.2. The number of hydrogen-bond acceptors (Lipinski definition) is 4. The molecule has 0 aliphatic rings. The molecule has 98 valence electrons. The van der Waals surface area contributed by atoms with Crippen LogP contribution in [0.5, 0.6) is 0 Å². The second-order valence-electron chi connectivity index (χ2n) is 4.09.